The molecule has 0 aliphatic carbocycles. The predicted octanol–water partition coefficient (Wildman–Crippen LogP) is 4.92. The smallest absolute Gasteiger partial charge is 0.346 e. The van der Waals surface area contributed by atoms with E-state index in [9.17, 15) is 4.79 Å². The first-order valence-corrected chi connectivity index (χ1v) is 9.00. The van der Waals surface area contributed by atoms with Gasteiger partial charge in [-0.2, -0.15) is 0 Å². The minimum absolute atomic E-state index is 0.107. The van der Waals surface area contributed by atoms with Crippen LogP contribution < -0.4 is 5.32 Å². The number of rotatable bonds is 6. The minimum atomic E-state index is -0.568. The van der Waals surface area contributed by atoms with Gasteiger partial charge in [0, 0.05) is 23.1 Å². The molecule has 0 saturated heterocycles. The quantitative estimate of drug-likeness (QED) is 0.458. The lowest BCUT2D eigenvalue weighted by Gasteiger charge is -2.07. The molecule has 27 heavy (non-hydrogen) atoms. The van der Waals surface area contributed by atoms with Crippen molar-refractivity contribution in [1.29, 1.82) is 0 Å². The van der Waals surface area contributed by atoms with E-state index in [0.717, 1.165) is 0 Å². The van der Waals surface area contributed by atoms with E-state index in [-0.39, 0.29) is 23.2 Å². The highest BCUT2D eigenvalue weighted by Gasteiger charge is 2.26. The van der Waals surface area contributed by atoms with Crippen LogP contribution in [0.2, 0.25) is 10.2 Å². The van der Waals surface area contributed by atoms with Gasteiger partial charge < -0.3 is 14.6 Å². The van der Waals surface area contributed by atoms with E-state index in [1.807, 2.05) is 6.92 Å². The summed E-state index contributed by atoms with van der Waals surface area (Å²) in [5.74, 6) is 0.480. The second-order valence-electron chi connectivity index (χ2n) is 5.43. The van der Waals surface area contributed by atoms with Crippen LogP contribution in [0.4, 0.5) is 11.7 Å². The summed E-state index contributed by atoms with van der Waals surface area (Å²) >= 11 is 12.0. The first-order chi connectivity index (χ1) is 13.0. The number of hydrogen-bond donors (Lipinski definition) is 1. The van der Waals surface area contributed by atoms with Crippen LogP contribution in [0, 0.1) is 0 Å². The Labute approximate surface area is 165 Å². The maximum absolute atomic E-state index is 12.5. The van der Waals surface area contributed by atoms with Crippen molar-refractivity contribution in [3.8, 4) is 11.3 Å². The van der Waals surface area contributed by atoms with E-state index in [2.05, 4.69) is 20.4 Å². The molecule has 0 amide bonds. The van der Waals surface area contributed by atoms with Crippen LogP contribution in [0.1, 0.15) is 30.0 Å². The molecule has 0 atom stereocenters. The maximum Gasteiger partial charge on any atom is 0.346 e. The van der Waals surface area contributed by atoms with Gasteiger partial charge in [-0.25, -0.2) is 14.8 Å². The summed E-state index contributed by atoms with van der Waals surface area (Å²) in [6.45, 7) is 3.84. The van der Waals surface area contributed by atoms with Crippen LogP contribution in [0.3, 0.4) is 0 Å². The average Bonchev–Trinajstić information content (AvgIpc) is 3.05. The van der Waals surface area contributed by atoms with Gasteiger partial charge in [0.15, 0.2) is 5.56 Å². The molecule has 1 N–H and O–H groups in total. The molecule has 0 spiro atoms. The Hall–Kier alpha value is -2.64. The highest BCUT2D eigenvalue weighted by molar-refractivity contribution is 6.30. The van der Waals surface area contributed by atoms with Gasteiger partial charge in [-0.15, -0.1) is 0 Å². The van der Waals surface area contributed by atoms with Gasteiger partial charge in [0.25, 0.3) is 0 Å². The van der Waals surface area contributed by atoms with Crippen LogP contribution in [-0.4, -0.2) is 27.7 Å². The van der Waals surface area contributed by atoms with Gasteiger partial charge in [0.1, 0.15) is 22.5 Å². The van der Waals surface area contributed by atoms with E-state index in [0.29, 0.717) is 34.3 Å². The first kappa shape index (κ1) is 19.1. The van der Waals surface area contributed by atoms with E-state index < -0.39 is 5.97 Å². The number of ether oxygens (including phenoxy) is 1. The number of hydrogen-bond acceptors (Lipinski definition) is 7. The molecule has 3 aromatic rings. The van der Waals surface area contributed by atoms with Gasteiger partial charge in [-0.1, -0.05) is 47.4 Å². The lowest BCUT2D eigenvalue weighted by molar-refractivity contribution is 0.0528. The average molecular weight is 407 g/mol. The van der Waals surface area contributed by atoms with Crippen molar-refractivity contribution < 1.29 is 14.1 Å². The van der Waals surface area contributed by atoms with E-state index in [1.54, 1.807) is 31.2 Å². The van der Waals surface area contributed by atoms with Gasteiger partial charge in [0.05, 0.1) is 6.61 Å². The third kappa shape index (κ3) is 4.37. The second-order valence-corrected chi connectivity index (χ2v) is 6.26. The summed E-state index contributed by atoms with van der Waals surface area (Å²) < 4.78 is 10.5. The number of anilines is 2. The summed E-state index contributed by atoms with van der Waals surface area (Å²) in [5.41, 5.74) is 1.16. The number of benzene rings is 1. The molecular formula is C18H16Cl2N4O3. The van der Waals surface area contributed by atoms with E-state index in [4.69, 9.17) is 32.5 Å². The first-order valence-electron chi connectivity index (χ1n) is 8.25. The van der Waals surface area contributed by atoms with Crippen LogP contribution in [0.15, 0.2) is 34.9 Å². The molecule has 1 aromatic carbocycles. The van der Waals surface area contributed by atoms with Crippen molar-refractivity contribution in [2.75, 3.05) is 11.9 Å². The van der Waals surface area contributed by atoms with Crippen LogP contribution in [0.5, 0.6) is 0 Å². The Bertz CT molecular complexity index is 958. The zero-order chi connectivity index (χ0) is 19.4. The zero-order valence-electron chi connectivity index (χ0n) is 14.6. The standard InChI is InChI=1S/C18H16Cl2N4O3/c1-3-13-21-12(20)9-14(22-13)23-17-15(18(25)26-4-2)16(24-27-17)10-5-7-11(19)8-6-10/h5-9H,3-4H2,1-2H3,(H,21,22,23). The topological polar surface area (TPSA) is 90.1 Å². The van der Waals surface area contributed by atoms with Crippen molar-refractivity contribution in [2.24, 2.45) is 0 Å². The molecule has 0 saturated carbocycles. The second kappa shape index (κ2) is 8.37. The normalized spacial score (nSPS) is 10.7. The molecule has 0 bridgehead atoms. The Morgan fingerprint density at radius 1 is 1.19 bits per heavy atom. The Kier molecular flexibility index (Phi) is 5.93. The molecule has 140 valence electrons. The predicted molar refractivity (Wildman–Crippen MR) is 103 cm³/mol. The van der Waals surface area contributed by atoms with Gasteiger partial charge >= 0.3 is 5.97 Å². The molecule has 7 nitrogen and oxygen atoms in total. The summed E-state index contributed by atoms with van der Waals surface area (Å²) in [6, 6.07) is 8.41. The molecular weight excluding hydrogens is 391 g/mol. The molecule has 0 radical (unpaired) electrons. The molecule has 0 unspecified atom stereocenters. The van der Waals surface area contributed by atoms with Gasteiger partial charge in [0.2, 0.25) is 5.88 Å². The van der Waals surface area contributed by atoms with Crippen molar-refractivity contribution >= 4 is 40.9 Å². The monoisotopic (exact) mass is 406 g/mol. The van der Waals surface area contributed by atoms with Gasteiger partial charge in [-0.05, 0) is 19.1 Å². The zero-order valence-corrected chi connectivity index (χ0v) is 16.1. The van der Waals surface area contributed by atoms with Crippen molar-refractivity contribution in [2.45, 2.75) is 20.3 Å². The number of aryl methyl sites for hydroxylation is 1. The summed E-state index contributed by atoms with van der Waals surface area (Å²) in [6.07, 6.45) is 0.604. The van der Waals surface area contributed by atoms with E-state index >= 15 is 0 Å². The summed E-state index contributed by atoms with van der Waals surface area (Å²) in [5, 5.41) is 7.81. The van der Waals surface area contributed by atoms with Crippen LogP contribution >= 0.6 is 23.2 Å². The SMILES string of the molecule is CCOC(=O)c1c(-c2ccc(Cl)cc2)noc1Nc1cc(Cl)nc(CC)n1. The molecule has 0 fully saturated rings. The molecule has 2 heterocycles. The number of nitrogens with one attached hydrogen (secondary N) is 1. The van der Waals surface area contributed by atoms with Crippen molar-refractivity contribution in [3.63, 3.8) is 0 Å². The fourth-order valence-corrected chi connectivity index (χ4v) is 2.70. The van der Waals surface area contributed by atoms with Crippen LogP contribution in [0.25, 0.3) is 11.3 Å². The molecule has 0 aliphatic rings. The van der Waals surface area contributed by atoms with Crippen LogP contribution in [-0.2, 0) is 11.2 Å². The number of aromatic nitrogens is 3. The number of esters is 1. The third-order valence-corrected chi connectivity index (χ3v) is 4.03. The highest BCUT2D eigenvalue weighted by Crippen LogP contribution is 2.32. The number of nitrogens with zero attached hydrogens (tertiary/aromatic N) is 3. The molecule has 0 aliphatic heterocycles. The van der Waals surface area contributed by atoms with Crippen molar-refractivity contribution in [3.05, 3.63) is 51.9 Å². The summed E-state index contributed by atoms with van der Waals surface area (Å²) in [7, 11) is 0. The van der Waals surface area contributed by atoms with Crippen molar-refractivity contribution in [1.82, 2.24) is 15.1 Å². The molecule has 3 rings (SSSR count). The van der Waals surface area contributed by atoms with Gasteiger partial charge in [-0.3, -0.25) is 0 Å². The largest absolute Gasteiger partial charge is 0.462 e. The fourth-order valence-electron chi connectivity index (χ4n) is 2.38. The maximum atomic E-state index is 12.5. The lowest BCUT2D eigenvalue weighted by atomic mass is 10.1. The third-order valence-electron chi connectivity index (χ3n) is 3.59. The summed E-state index contributed by atoms with van der Waals surface area (Å²) in [4.78, 5) is 21.0. The number of carbonyl (C=O) groups excluding carboxylic acids is 1. The Morgan fingerprint density at radius 2 is 1.93 bits per heavy atom. The fraction of sp³-hybridized carbons (Fsp3) is 0.222. The Balaban J connectivity index is 2.03. The highest BCUT2D eigenvalue weighted by atomic mass is 35.5. The molecule has 2 aromatic heterocycles. The Morgan fingerprint density at radius 3 is 2.59 bits per heavy atom. The lowest BCUT2D eigenvalue weighted by Crippen LogP contribution is -2.08. The number of halogens is 2. The van der Waals surface area contributed by atoms with E-state index in [1.165, 1.54) is 6.07 Å². The molecule has 9 heteroatoms. The number of carbonyl (C=O) groups is 1. The minimum Gasteiger partial charge on any atom is -0.462 e.